The molecule has 0 spiro atoms. The summed E-state index contributed by atoms with van der Waals surface area (Å²) in [4.78, 5) is 0. The minimum absolute atomic E-state index is 0. The third-order valence-electron chi connectivity index (χ3n) is 2.03. The Morgan fingerprint density at radius 1 is 1.38 bits per heavy atom. The van der Waals surface area contributed by atoms with Gasteiger partial charge in [0.05, 0.1) is 0 Å². The summed E-state index contributed by atoms with van der Waals surface area (Å²) in [5.74, 6) is 0. The van der Waals surface area contributed by atoms with Crippen LogP contribution >= 0.6 is 12.4 Å². The molecule has 0 unspecified atom stereocenters. The van der Waals surface area contributed by atoms with Crippen LogP contribution in [0.15, 0.2) is 24.3 Å². The van der Waals surface area contributed by atoms with E-state index in [4.69, 9.17) is 10.8 Å². The number of rotatable bonds is 3. The largest absolute Gasteiger partial charge is 0.396 e. The van der Waals surface area contributed by atoms with Gasteiger partial charge < -0.3 is 10.8 Å². The Hall–Kier alpha value is -0.570. The Morgan fingerprint density at radius 2 is 2.00 bits per heavy atom. The van der Waals surface area contributed by atoms with E-state index in [9.17, 15) is 0 Å². The highest BCUT2D eigenvalue weighted by Gasteiger charge is 2.06. The van der Waals surface area contributed by atoms with Crippen LogP contribution in [0.1, 0.15) is 23.6 Å². The average molecular weight is 202 g/mol. The van der Waals surface area contributed by atoms with Gasteiger partial charge >= 0.3 is 0 Å². The molecule has 1 rings (SSSR count). The number of halogens is 1. The minimum atomic E-state index is -0.0313. The molecule has 3 N–H and O–H groups in total. The van der Waals surface area contributed by atoms with Crippen LogP contribution in [0.2, 0.25) is 0 Å². The number of nitrogens with two attached hydrogens (primary N) is 1. The highest BCUT2D eigenvalue weighted by molar-refractivity contribution is 5.85. The van der Waals surface area contributed by atoms with Crippen molar-refractivity contribution in [3.8, 4) is 0 Å². The average Bonchev–Trinajstić information content (AvgIpc) is 2.05. The fourth-order valence-corrected chi connectivity index (χ4v) is 1.30. The quantitative estimate of drug-likeness (QED) is 0.784. The van der Waals surface area contributed by atoms with E-state index in [1.807, 2.05) is 31.2 Å². The Morgan fingerprint density at radius 3 is 2.54 bits per heavy atom. The second kappa shape index (κ2) is 5.97. The second-order valence-corrected chi connectivity index (χ2v) is 2.98. The smallest absolute Gasteiger partial charge is 0.0449 e. The van der Waals surface area contributed by atoms with Crippen LogP contribution in [-0.4, -0.2) is 11.7 Å². The van der Waals surface area contributed by atoms with Gasteiger partial charge in [0.1, 0.15) is 0 Å². The number of hydrogen-bond acceptors (Lipinski definition) is 2. The standard InChI is InChI=1S/C10H15NO.ClH/c1-8-4-2-3-5-9(8)10(11)6-7-12;/h2-5,10,12H,6-7,11H2,1H3;1H/t10-;/m1./s1. The second-order valence-electron chi connectivity index (χ2n) is 2.98. The molecule has 0 bridgehead atoms. The fourth-order valence-electron chi connectivity index (χ4n) is 1.30. The summed E-state index contributed by atoms with van der Waals surface area (Å²) in [5.41, 5.74) is 8.17. The normalized spacial score (nSPS) is 11.9. The number of hydrogen-bond donors (Lipinski definition) is 2. The zero-order chi connectivity index (χ0) is 8.97. The van der Waals surface area contributed by atoms with Crippen LogP contribution in [0.3, 0.4) is 0 Å². The molecule has 0 aliphatic carbocycles. The first-order valence-corrected chi connectivity index (χ1v) is 4.17. The molecule has 0 amide bonds. The van der Waals surface area contributed by atoms with E-state index in [0.717, 1.165) is 5.56 Å². The van der Waals surface area contributed by atoms with E-state index in [-0.39, 0.29) is 25.1 Å². The van der Waals surface area contributed by atoms with Crippen molar-refractivity contribution in [2.75, 3.05) is 6.61 Å². The summed E-state index contributed by atoms with van der Waals surface area (Å²) >= 11 is 0. The SMILES string of the molecule is Cc1ccccc1[C@H](N)CCO.Cl. The van der Waals surface area contributed by atoms with Gasteiger partial charge in [-0.05, 0) is 24.5 Å². The van der Waals surface area contributed by atoms with Crippen molar-refractivity contribution in [3.05, 3.63) is 35.4 Å². The van der Waals surface area contributed by atoms with Gasteiger partial charge in [0, 0.05) is 12.6 Å². The minimum Gasteiger partial charge on any atom is -0.396 e. The molecule has 1 aromatic rings. The van der Waals surface area contributed by atoms with E-state index in [1.165, 1.54) is 5.56 Å². The molecular formula is C10H16ClNO. The number of aryl methyl sites for hydroxylation is 1. The van der Waals surface area contributed by atoms with Crippen LogP contribution in [-0.2, 0) is 0 Å². The van der Waals surface area contributed by atoms with Crippen molar-refractivity contribution < 1.29 is 5.11 Å². The van der Waals surface area contributed by atoms with E-state index in [2.05, 4.69) is 0 Å². The zero-order valence-electron chi connectivity index (χ0n) is 7.73. The number of benzene rings is 1. The Bertz CT molecular complexity index is 252. The van der Waals surface area contributed by atoms with E-state index < -0.39 is 0 Å². The van der Waals surface area contributed by atoms with Crippen molar-refractivity contribution >= 4 is 12.4 Å². The van der Waals surface area contributed by atoms with E-state index in [0.29, 0.717) is 6.42 Å². The molecule has 13 heavy (non-hydrogen) atoms. The maximum Gasteiger partial charge on any atom is 0.0449 e. The van der Waals surface area contributed by atoms with Crippen molar-refractivity contribution in [3.63, 3.8) is 0 Å². The molecule has 0 fully saturated rings. The van der Waals surface area contributed by atoms with Crippen LogP contribution in [0, 0.1) is 6.92 Å². The summed E-state index contributed by atoms with van der Waals surface area (Å²) in [6.45, 7) is 2.18. The van der Waals surface area contributed by atoms with Crippen molar-refractivity contribution in [1.29, 1.82) is 0 Å². The molecule has 0 heterocycles. The zero-order valence-corrected chi connectivity index (χ0v) is 8.55. The summed E-state index contributed by atoms with van der Waals surface area (Å²) in [7, 11) is 0. The summed E-state index contributed by atoms with van der Waals surface area (Å²) < 4.78 is 0. The first-order valence-electron chi connectivity index (χ1n) is 4.17. The van der Waals surface area contributed by atoms with Gasteiger partial charge in [0.25, 0.3) is 0 Å². The first kappa shape index (κ1) is 12.4. The molecule has 1 atom stereocenters. The lowest BCUT2D eigenvalue weighted by molar-refractivity contribution is 0.276. The number of aliphatic hydroxyl groups is 1. The third kappa shape index (κ3) is 3.35. The monoisotopic (exact) mass is 201 g/mol. The molecule has 0 aliphatic rings. The molecule has 0 saturated carbocycles. The third-order valence-corrected chi connectivity index (χ3v) is 2.03. The van der Waals surface area contributed by atoms with Gasteiger partial charge in [0.15, 0.2) is 0 Å². The van der Waals surface area contributed by atoms with Crippen LogP contribution in [0.4, 0.5) is 0 Å². The molecule has 3 heteroatoms. The topological polar surface area (TPSA) is 46.2 Å². The van der Waals surface area contributed by atoms with Gasteiger partial charge in [-0.2, -0.15) is 0 Å². The van der Waals surface area contributed by atoms with Crippen molar-refractivity contribution in [2.45, 2.75) is 19.4 Å². The molecule has 0 radical (unpaired) electrons. The van der Waals surface area contributed by atoms with Gasteiger partial charge in [-0.25, -0.2) is 0 Å². The van der Waals surface area contributed by atoms with Gasteiger partial charge in [-0.3, -0.25) is 0 Å². The van der Waals surface area contributed by atoms with Gasteiger partial charge in [0.2, 0.25) is 0 Å². The van der Waals surface area contributed by atoms with E-state index >= 15 is 0 Å². The molecule has 2 nitrogen and oxygen atoms in total. The lowest BCUT2D eigenvalue weighted by Crippen LogP contribution is -2.12. The van der Waals surface area contributed by atoms with Gasteiger partial charge in [-0.15, -0.1) is 12.4 Å². The molecule has 0 aliphatic heterocycles. The number of aliphatic hydroxyl groups excluding tert-OH is 1. The molecular weight excluding hydrogens is 186 g/mol. The predicted molar refractivity (Wildman–Crippen MR) is 57.1 cm³/mol. The van der Waals surface area contributed by atoms with Gasteiger partial charge in [-0.1, -0.05) is 24.3 Å². The highest BCUT2D eigenvalue weighted by Crippen LogP contribution is 2.17. The van der Waals surface area contributed by atoms with Crippen molar-refractivity contribution in [2.24, 2.45) is 5.73 Å². The summed E-state index contributed by atoms with van der Waals surface area (Å²) in [6.07, 6.45) is 0.630. The van der Waals surface area contributed by atoms with Crippen LogP contribution in [0.25, 0.3) is 0 Å². The highest BCUT2D eigenvalue weighted by atomic mass is 35.5. The Balaban J connectivity index is 0.00000144. The lowest BCUT2D eigenvalue weighted by Gasteiger charge is -2.12. The van der Waals surface area contributed by atoms with Crippen LogP contribution in [0.5, 0.6) is 0 Å². The summed E-state index contributed by atoms with van der Waals surface area (Å²) in [6, 6.07) is 7.97. The van der Waals surface area contributed by atoms with Crippen molar-refractivity contribution in [1.82, 2.24) is 0 Å². The molecule has 0 saturated heterocycles. The maximum atomic E-state index is 8.71. The molecule has 1 aromatic carbocycles. The van der Waals surface area contributed by atoms with Crippen LogP contribution < -0.4 is 5.73 Å². The fraction of sp³-hybridized carbons (Fsp3) is 0.400. The summed E-state index contributed by atoms with van der Waals surface area (Å²) in [5, 5.41) is 8.71. The predicted octanol–water partition coefficient (Wildman–Crippen LogP) is 1.80. The lowest BCUT2D eigenvalue weighted by atomic mass is 10.0. The maximum absolute atomic E-state index is 8.71. The Kier molecular flexibility index (Phi) is 5.71. The first-order chi connectivity index (χ1) is 5.75. The molecule has 74 valence electrons. The van der Waals surface area contributed by atoms with E-state index in [1.54, 1.807) is 0 Å². The molecule has 0 aromatic heterocycles. The Labute approximate surface area is 85.2 Å².